The Bertz CT molecular complexity index is 998. The Labute approximate surface area is 252 Å². The second-order valence-corrected chi connectivity index (χ2v) is 12.4. The van der Waals surface area contributed by atoms with Crippen molar-refractivity contribution in [2.75, 3.05) is 0 Å². The van der Waals surface area contributed by atoms with Crippen molar-refractivity contribution in [1.29, 1.82) is 0 Å². The zero-order valence-electron chi connectivity index (χ0n) is 26.9. The summed E-state index contributed by atoms with van der Waals surface area (Å²) in [5.41, 5.74) is 0.968. The number of aliphatic hydroxyl groups excluding tert-OH is 3. The third-order valence-electron chi connectivity index (χ3n) is 8.44. The van der Waals surface area contributed by atoms with E-state index in [1.807, 2.05) is 46.8 Å². The van der Waals surface area contributed by atoms with Crippen LogP contribution in [0.15, 0.2) is 48.6 Å². The summed E-state index contributed by atoms with van der Waals surface area (Å²) in [5, 5.41) is 31.7. The quantitative estimate of drug-likeness (QED) is 0.130. The van der Waals surface area contributed by atoms with E-state index in [1.165, 1.54) is 6.92 Å². The molecular weight excluding hydrogens is 536 g/mol. The minimum atomic E-state index is -0.896. The number of Topliss-reactive ketones (excluding diaryl/α,β-unsaturated/α-hetero) is 1. The lowest BCUT2D eigenvalue weighted by Crippen LogP contribution is -2.47. The molecular formula is C34H54O8. The predicted molar refractivity (Wildman–Crippen MR) is 164 cm³/mol. The summed E-state index contributed by atoms with van der Waals surface area (Å²) < 4.78 is 10.9. The number of cyclic esters (lactones) is 1. The average Bonchev–Trinajstić information content (AvgIpc) is 2.93. The Kier molecular flexibility index (Phi) is 15.6. The van der Waals surface area contributed by atoms with Gasteiger partial charge in [-0.1, -0.05) is 90.2 Å². The molecule has 1 fully saturated rings. The molecule has 0 unspecified atom stereocenters. The van der Waals surface area contributed by atoms with E-state index in [9.17, 15) is 29.7 Å². The molecule has 0 aromatic rings. The van der Waals surface area contributed by atoms with Crippen LogP contribution in [0.1, 0.15) is 75.2 Å². The molecule has 1 rings (SSSR count). The molecule has 1 heterocycles. The first-order valence-electron chi connectivity index (χ1n) is 15.1. The van der Waals surface area contributed by atoms with Crippen LogP contribution in [0.4, 0.5) is 0 Å². The molecule has 0 aliphatic carbocycles. The third-order valence-corrected chi connectivity index (χ3v) is 8.44. The lowest BCUT2D eigenvalue weighted by atomic mass is 9.82. The van der Waals surface area contributed by atoms with E-state index in [-0.39, 0.29) is 41.8 Å². The SMILES string of the molecule is C=C/C=C\[C@H](C)[C@H](OC(C)=O)[C@@H](C)C(=O)[C@@H](C)C/C(C)=C\[C@H](C)[C@@H](O)[C@@H](C)/C=C\[C@@H](O)C[C@@H]1OC(=O)[C@H](C)[C@@H](O)[C@H]1C. The van der Waals surface area contributed by atoms with Crippen LogP contribution in [0, 0.1) is 41.4 Å². The molecule has 0 aromatic carbocycles. The maximum absolute atomic E-state index is 13.3. The molecule has 0 aromatic heterocycles. The van der Waals surface area contributed by atoms with E-state index in [0.29, 0.717) is 6.42 Å². The van der Waals surface area contributed by atoms with E-state index in [0.717, 1.165) is 5.57 Å². The van der Waals surface area contributed by atoms with E-state index in [4.69, 9.17) is 9.47 Å². The van der Waals surface area contributed by atoms with Crippen molar-refractivity contribution in [3.05, 3.63) is 48.6 Å². The van der Waals surface area contributed by atoms with Crippen molar-refractivity contribution < 1.29 is 39.2 Å². The Morgan fingerprint density at radius 3 is 2.19 bits per heavy atom. The fourth-order valence-corrected chi connectivity index (χ4v) is 5.68. The van der Waals surface area contributed by atoms with E-state index in [1.54, 1.807) is 45.1 Å². The second-order valence-electron chi connectivity index (χ2n) is 12.4. The molecule has 0 bridgehead atoms. The molecule has 1 aliphatic heterocycles. The standard InChI is InChI=1S/C34H54O8/c1-11-12-13-21(4)33(41-27(10)35)25(8)31(38)23(6)17-19(2)16-22(5)30(37)20(3)14-15-28(36)18-29-24(7)32(39)26(9)34(40)42-29/h11-16,20-26,28-30,32-33,36-37,39H,1,17-18H2,2-10H3/b13-12-,15-14-,19-16-/t20-,21-,22-,23-,24-,25-,26+,28+,29-,30-,32-,33-/m0/s1. The van der Waals surface area contributed by atoms with Crippen LogP contribution < -0.4 is 0 Å². The summed E-state index contributed by atoms with van der Waals surface area (Å²) in [6, 6.07) is 0. The van der Waals surface area contributed by atoms with E-state index < -0.39 is 54.3 Å². The number of aliphatic hydroxyl groups is 3. The Hall–Kier alpha value is -2.55. The minimum Gasteiger partial charge on any atom is -0.462 e. The van der Waals surface area contributed by atoms with Crippen LogP contribution in [-0.2, 0) is 23.9 Å². The van der Waals surface area contributed by atoms with Gasteiger partial charge in [0.1, 0.15) is 18.0 Å². The molecule has 238 valence electrons. The maximum Gasteiger partial charge on any atom is 0.311 e. The molecule has 0 saturated carbocycles. The van der Waals surface area contributed by atoms with Gasteiger partial charge in [-0.25, -0.2) is 0 Å². The second kappa shape index (κ2) is 17.5. The minimum absolute atomic E-state index is 0.00582. The van der Waals surface area contributed by atoms with Gasteiger partial charge in [-0.3, -0.25) is 14.4 Å². The van der Waals surface area contributed by atoms with Gasteiger partial charge in [0, 0.05) is 42.9 Å². The van der Waals surface area contributed by atoms with Crippen LogP contribution in [0.5, 0.6) is 0 Å². The summed E-state index contributed by atoms with van der Waals surface area (Å²) in [7, 11) is 0. The van der Waals surface area contributed by atoms with Crippen LogP contribution in [-0.4, -0.2) is 63.6 Å². The zero-order valence-corrected chi connectivity index (χ0v) is 26.9. The lowest BCUT2D eigenvalue weighted by Gasteiger charge is -2.36. The number of hydrogen-bond acceptors (Lipinski definition) is 8. The van der Waals surface area contributed by atoms with Gasteiger partial charge in [0.2, 0.25) is 0 Å². The highest BCUT2D eigenvalue weighted by Crippen LogP contribution is 2.30. The van der Waals surface area contributed by atoms with Crippen molar-refractivity contribution >= 4 is 17.7 Å². The van der Waals surface area contributed by atoms with Gasteiger partial charge in [0.15, 0.2) is 0 Å². The number of carbonyl (C=O) groups excluding carboxylic acids is 3. The number of ketones is 1. The van der Waals surface area contributed by atoms with Crippen LogP contribution in [0.2, 0.25) is 0 Å². The number of allylic oxidation sites excluding steroid dienone is 3. The molecule has 1 aliphatic rings. The van der Waals surface area contributed by atoms with Gasteiger partial charge >= 0.3 is 11.9 Å². The van der Waals surface area contributed by atoms with Crippen molar-refractivity contribution in [2.45, 2.75) is 106 Å². The normalized spacial score (nSPS) is 27.4. The molecule has 0 spiro atoms. The van der Waals surface area contributed by atoms with Gasteiger partial charge in [0.05, 0.1) is 30.1 Å². The lowest BCUT2D eigenvalue weighted by molar-refractivity contribution is -0.179. The fraction of sp³-hybridized carbons (Fsp3) is 0.676. The van der Waals surface area contributed by atoms with Gasteiger partial charge in [0.25, 0.3) is 0 Å². The molecule has 8 nitrogen and oxygen atoms in total. The largest absolute Gasteiger partial charge is 0.462 e. The van der Waals surface area contributed by atoms with Crippen LogP contribution in [0.3, 0.4) is 0 Å². The summed E-state index contributed by atoms with van der Waals surface area (Å²) in [5.74, 6) is -3.22. The van der Waals surface area contributed by atoms with Gasteiger partial charge in [-0.05, 0) is 20.3 Å². The topological polar surface area (TPSA) is 130 Å². The Morgan fingerprint density at radius 1 is 1.00 bits per heavy atom. The third kappa shape index (κ3) is 11.3. The smallest absolute Gasteiger partial charge is 0.311 e. The molecule has 3 N–H and O–H groups in total. The summed E-state index contributed by atoms with van der Waals surface area (Å²) in [4.78, 5) is 37.0. The van der Waals surface area contributed by atoms with Gasteiger partial charge < -0.3 is 24.8 Å². The average molecular weight is 591 g/mol. The molecule has 12 atom stereocenters. The molecule has 1 saturated heterocycles. The molecule has 8 heteroatoms. The van der Waals surface area contributed by atoms with E-state index >= 15 is 0 Å². The molecule has 0 amide bonds. The number of carbonyl (C=O) groups is 3. The van der Waals surface area contributed by atoms with Crippen molar-refractivity contribution in [2.24, 2.45) is 41.4 Å². The fourth-order valence-electron chi connectivity index (χ4n) is 5.68. The summed E-state index contributed by atoms with van der Waals surface area (Å²) in [6.07, 6.45) is 7.65. The Balaban J connectivity index is 2.77. The van der Waals surface area contributed by atoms with Gasteiger partial charge in [-0.15, -0.1) is 0 Å². The number of hydrogen-bond donors (Lipinski definition) is 3. The first-order chi connectivity index (χ1) is 19.5. The Morgan fingerprint density at radius 2 is 1.62 bits per heavy atom. The first-order valence-corrected chi connectivity index (χ1v) is 15.1. The van der Waals surface area contributed by atoms with Crippen molar-refractivity contribution in [3.63, 3.8) is 0 Å². The number of rotatable bonds is 16. The summed E-state index contributed by atoms with van der Waals surface area (Å²) in [6.45, 7) is 19.7. The highest BCUT2D eigenvalue weighted by Gasteiger charge is 2.41. The maximum atomic E-state index is 13.3. The van der Waals surface area contributed by atoms with Crippen molar-refractivity contribution in [1.82, 2.24) is 0 Å². The van der Waals surface area contributed by atoms with Crippen molar-refractivity contribution in [3.8, 4) is 0 Å². The zero-order chi connectivity index (χ0) is 32.3. The molecule has 42 heavy (non-hydrogen) atoms. The number of esters is 2. The van der Waals surface area contributed by atoms with Crippen LogP contribution >= 0.6 is 0 Å². The monoisotopic (exact) mass is 590 g/mol. The predicted octanol–water partition coefficient (Wildman–Crippen LogP) is 4.97. The van der Waals surface area contributed by atoms with Crippen LogP contribution in [0.25, 0.3) is 0 Å². The van der Waals surface area contributed by atoms with E-state index in [2.05, 4.69) is 6.58 Å². The molecule has 0 radical (unpaired) electrons. The highest BCUT2D eigenvalue weighted by atomic mass is 16.6. The summed E-state index contributed by atoms with van der Waals surface area (Å²) >= 11 is 0. The first kappa shape index (κ1) is 37.5. The van der Waals surface area contributed by atoms with Gasteiger partial charge in [-0.2, -0.15) is 0 Å². The highest BCUT2D eigenvalue weighted by molar-refractivity contribution is 5.84. The number of ether oxygens (including phenoxy) is 2.